The maximum absolute atomic E-state index is 11.7. The molecule has 0 saturated heterocycles. The molecule has 106 valence electrons. The zero-order valence-electron chi connectivity index (χ0n) is 11.8. The Balaban J connectivity index is 2.51. The smallest absolute Gasteiger partial charge is 0.239 e. The second-order valence-electron chi connectivity index (χ2n) is 4.70. The molecule has 0 spiro atoms. The average molecular weight is 329 g/mol. The SMILES string of the molecule is COCC(C)NC(=O)CNc1cc(C)c(Br)c(C)c1. The molecule has 2 N–H and O–H groups in total. The minimum atomic E-state index is -0.0391. The largest absolute Gasteiger partial charge is 0.383 e. The van der Waals surface area contributed by atoms with Gasteiger partial charge in [0, 0.05) is 23.3 Å². The molecule has 1 rings (SSSR count). The van der Waals surface area contributed by atoms with Crippen molar-refractivity contribution < 1.29 is 9.53 Å². The van der Waals surface area contributed by atoms with E-state index < -0.39 is 0 Å². The van der Waals surface area contributed by atoms with Crippen LogP contribution in [-0.2, 0) is 9.53 Å². The van der Waals surface area contributed by atoms with Gasteiger partial charge in [-0.05, 0) is 44.0 Å². The predicted octanol–water partition coefficient (Wildman–Crippen LogP) is 2.63. The molecular weight excluding hydrogens is 308 g/mol. The summed E-state index contributed by atoms with van der Waals surface area (Å²) in [6.45, 7) is 6.75. The van der Waals surface area contributed by atoms with Gasteiger partial charge in [0.15, 0.2) is 0 Å². The van der Waals surface area contributed by atoms with Crippen LogP contribution in [-0.4, -0.2) is 32.2 Å². The van der Waals surface area contributed by atoms with Crippen molar-refractivity contribution in [2.75, 3.05) is 25.6 Å². The van der Waals surface area contributed by atoms with Crippen LogP contribution in [0.2, 0.25) is 0 Å². The van der Waals surface area contributed by atoms with E-state index in [2.05, 4.69) is 26.6 Å². The number of nitrogens with one attached hydrogen (secondary N) is 2. The van der Waals surface area contributed by atoms with Crippen LogP contribution in [0.5, 0.6) is 0 Å². The van der Waals surface area contributed by atoms with Gasteiger partial charge >= 0.3 is 0 Å². The Labute approximate surface area is 123 Å². The summed E-state index contributed by atoms with van der Waals surface area (Å²) < 4.78 is 6.08. The van der Waals surface area contributed by atoms with Gasteiger partial charge in [-0.15, -0.1) is 0 Å². The molecule has 1 unspecified atom stereocenters. The van der Waals surface area contributed by atoms with Crippen LogP contribution >= 0.6 is 15.9 Å². The van der Waals surface area contributed by atoms with Crippen molar-refractivity contribution in [3.8, 4) is 0 Å². The first-order valence-corrected chi connectivity index (χ1v) is 7.02. The summed E-state index contributed by atoms with van der Waals surface area (Å²) >= 11 is 3.52. The topological polar surface area (TPSA) is 50.4 Å². The lowest BCUT2D eigenvalue weighted by Gasteiger charge is -2.14. The van der Waals surface area contributed by atoms with E-state index in [1.165, 1.54) is 0 Å². The Morgan fingerprint density at radius 2 is 1.95 bits per heavy atom. The molecule has 4 nitrogen and oxygen atoms in total. The highest BCUT2D eigenvalue weighted by atomic mass is 79.9. The number of methoxy groups -OCH3 is 1. The van der Waals surface area contributed by atoms with E-state index in [4.69, 9.17) is 4.74 Å². The Kier molecular flexibility index (Phi) is 6.31. The molecule has 0 radical (unpaired) electrons. The molecule has 0 saturated carbocycles. The van der Waals surface area contributed by atoms with E-state index in [-0.39, 0.29) is 18.5 Å². The van der Waals surface area contributed by atoms with Crippen LogP contribution < -0.4 is 10.6 Å². The summed E-state index contributed by atoms with van der Waals surface area (Å²) in [6, 6.07) is 4.05. The van der Waals surface area contributed by atoms with Crippen molar-refractivity contribution in [2.45, 2.75) is 26.8 Å². The quantitative estimate of drug-likeness (QED) is 0.844. The standard InChI is InChI=1S/C14H21BrN2O2/c1-9-5-12(6-10(2)14(9)15)16-7-13(18)17-11(3)8-19-4/h5-6,11,16H,7-8H2,1-4H3,(H,17,18). The molecule has 0 aliphatic heterocycles. The van der Waals surface area contributed by atoms with Crippen molar-refractivity contribution in [1.82, 2.24) is 5.32 Å². The first-order chi connectivity index (χ1) is 8.93. The lowest BCUT2D eigenvalue weighted by molar-refractivity contribution is -0.120. The number of anilines is 1. The van der Waals surface area contributed by atoms with Crippen LogP contribution in [0.3, 0.4) is 0 Å². The summed E-state index contributed by atoms with van der Waals surface area (Å²) in [5, 5.41) is 5.98. The fraction of sp³-hybridized carbons (Fsp3) is 0.500. The molecule has 1 atom stereocenters. The second kappa shape index (κ2) is 7.50. The number of carbonyl (C=O) groups excluding carboxylic acids is 1. The minimum absolute atomic E-state index is 0.0210. The molecule has 0 aromatic heterocycles. The van der Waals surface area contributed by atoms with E-state index in [1.54, 1.807) is 7.11 Å². The van der Waals surface area contributed by atoms with Crippen molar-refractivity contribution in [2.24, 2.45) is 0 Å². The van der Waals surface area contributed by atoms with Gasteiger partial charge in [0.1, 0.15) is 0 Å². The zero-order chi connectivity index (χ0) is 14.4. The van der Waals surface area contributed by atoms with E-state index in [0.29, 0.717) is 6.61 Å². The van der Waals surface area contributed by atoms with Crippen LogP contribution in [0.1, 0.15) is 18.1 Å². The fourth-order valence-corrected chi connectivity index (χ4v) is 2.08. The first-order valence-electron chi connectivity index (χ1n) is 6.23. The molecular formula is C14H21BrN2O2. The summed E-state index contributed by atoms with van der Waals surface area (Å²) in [5.41, 5.74) is 3.25. The molecule has 0 bridgehead atoms. The third-order valence-electron chi connectivity index (χ3n) is 2.71. The maximum atomic E-state index is 11.7. The molecule has 0 aliphatic carbocycles. The van der Waals surface area contributed by atoms with Crippen LogP contribution in [0.25, 0.3) is 0 Å². The summed E-state index contributed by atoms with van der Waals surface area (Å²) in [6.07, 6.45) is 0. The highest BCUT2D eigenvalue weighted by Gasteiger charge is 2.07. The molecule has 0 fully saturated rings. The Morgan fingerprint density at radius 1 is 1.37 bits per heavy atom. The molecule has 1 amide bonds. The van der Waals surface area contributed by atoms with Gasteiger partial charge < -0.3 is 15.4 Å². The summed E-state index contributed by atoms with van der Waals surface area (Å²) in [4.78, 5) is 11.7. The van der Waals surface area contributed by atoms with Crippen molar-refractivity contribution in [1.29, 1.82) is 0 Å². The van der Waals surface area contributed by atoms with Crippen LogP contribution in [0.4, 0.5) is 5.69 Å². The Bertz CT molecular complexity index is 426. The van der Waals surface area contributed by atoms with Gasteiger partial charge in [-0.25, -0.2) is 0 Å². The second-order valence-corrected chi connectivity index (χ2v) is 5.49. The first kappa shape index (κ1) is 16.0. The van der Waals surface area contributed by atoms with E-state index in [9.17, 15) is 4.79 Å². The molecule has 0 heterocycles. The number of halogens is 1. The van der Waals surface area contributed by atoms with Crippen molar-refractivity contribution >= 4 is 27.5 Å². The summed E-state index contributed by atoms with van der Waals surface area (Å²) in [5.74, 6) is -0.0391. The number of amides is 1. The highest BCUT2D eigenvalue weighted by Crippen LogP contribution is 2.24. The number of carbonyl (C=O) groups is 1. The Morgan fingerprint density at radius 3 is 2.47 bits per heavy atom. The third-order valence-corrected chi connectivity index (χ3v) is 3.96. The lowest BCUT2D eigenvalue weighted by Crippen LogP contribution is -2.39. The van der Waals surface area contributed by atoms with Gasteiger partial charge in [0.2, 0.25) is 5.91 Å². The average Bonchev–Trinajstić information content (AvgIpc) is 2.33. The molecule has 1 aromatic rings. The van der Waals surface area contributed by atoms with Crippen molar-refractivity contribution in [3.05, 3.63) is 27.7 Å². The number of rotatable bonds is 6. The number of benzene rings is 1. The molecule has 0 aliphatic rings. The normalized spacial score (nSPS) is 12.1. The number of hydrogen-bond donors (Lipinski definition) is 2. The minimum Gasteiger partial charge on any atom is -0.383 e. The number of ether oxygens (including phenoxy) is 1. The van der Waals surface area contributed by atoms with Gasteiger partial charge in [0.05, 0.1) is 13.2 Å². The molecule has 1 aromatic carbocycles. The van der Waals surface area contributed by atoms with Gasteiger partial charge in [0.25, 0.3) is 0 Å². The monoisotopic (exact) mass is 328 g/mol. The van der Waals surface area contributed by atoms with E-state index in [1.807, 2.05) is 32.9 Å². The van der Waals surface area contributed by atoms with Gasteiger partial charge in [-0.2, -0.15) is 0 Å². The van der Waals surface area contributed by atoms with E-state index >= 15 is 0 Å². The number of hydrogen-bond acceptors (Lipinski definition) is 3. The zero-order valence-corrected chi connectivity index (χ0v) is 13.4. The fourth-order valence-electron chi connectivity index (χ4n) is 1.85. The van der Waals surface area contributed by atoms with Crippen LogP contribution in [0.15, 0.2) is 16.6 Å². The summed E-state index contributed by atoms with van der Waals surface area (Å²) in [7, 11) is 1.62. The number of aryl methyl sites for hydroxylation is 2. The predicted molar refractivity (Wildman–Crippen MR) is 81.6 cm³/mol. The Hall–Kier alpha value is -1.07. The molecule has 5 heteroatoms. The highest BCUT2D eigenvalue weighted by molar-refractivity contribution is 9.10. The van der Waals surface area contributed by atoms with Gasteiger partial charge in [-0.3, -0.25) is 4.79 Å². The van der Waals surface area contributed by atoms with E-state index in [0.717, 1.165) is 21.3 Å². The maximum Gasteiger partial charge on any atom is 0.239 e. The third kappa shape index (κ3) is 5.20. The molecule has 19 heavy (non-hydrogen) atoms. The van der Waals surface area contributed by atoms with Crippen molar-refractivity contribution in [3.63, 3.8) is 0 Å². The van der Waals surface area contributed by atoms with Gasteiger partial charge in [-0.1, -0.05) is 15.9 Å². The van der Waals surface area contributed by atoms with Crippen LogP contribution in [0, 0.1) is 13.8 Å². The lowest BCUT2D eigenvalue weighted by atomic mass is 10.1.